The number of rotatable bonds is 4. The highest BCUT2D eigenvalue weighted by Crippen LogP contribution is 2.26. The summed E-state index contributed by atoms with van der Waals surface area (Å²) in [6.07, 6.45) is 4.64. The molecule has 1 aliphatic rings. The van der Waals surface area contributed by atoms with Crippen LogP contribution in [0.4, 0.5) is 5.95 Å². The van der Waals surface area contributed by atoms with Gasteiger partial charge in [-0.25, -0.2) is 0 Å². The maximum atomic E-state index is 5.80. The molecule has 0 radical (unpaired) electrons. The number of nitrogens with two attached hydrogens (primary N) is 1. The molecule has 1 aromatic rings. The third kappa shape index (κ3) is 2.44. The Kier molecular flexibility index (Phi) is 3.66. The van der Waals surface area contributed by atoms with Crippen LogP contribution in [0.15, 0.2) is 4.52 Å². The highest BCUT2D eigenvalue weighted by atomic mass is 16.5. The zero-order chi connectivity index (χ0) is 12.3. The van der Waals surface area contributed by atoms with Crippen LogP contribution in [0.2, 0.25) is 0 Å². The van der Waals surface area contributed by atoms with E-state index in [1.165, 1.54) is 19.3 Å². The summed E-state index contributed by atoms with van der Waals surface area (Å²) in [6.45, 7) is 6.76. The van der Waals surface area contributed by atoms with Crippen LogP contribution in [0.3, 0.4) is 0 Å². The molecule has 0 aromatic carbocycles. The zero-order valence-electron chi connectivity index (χ0n) is 10.8. The van der Waals surface area contributed by atoms with Crippen LogP contribution in [0.5, 0.6) is 0 Å². The van der Waals surface area contributed by atoms with E-state index < -0.39 is 0 Å². The second kappa shape index (κ2) is 5.04. The maximum Gasteiger partial charge on any atom is 0.266 e. The summed E-state index contributed by atoms with van der Waals surface area (Å²) >= 11 is 0. The zero-order valence-corrected chi connectivity index (χ0v) is 10.8. The lowest BCUT2D eigenvalue weighted by atomic mass is 9.88. The monoisotopic (exact) mass is 238 g/mol. The van der Waals surface area contributed by atoms with Crippen molar-refractivity contribution in [3.05, 3.63) is 5.89 Å². The number of hydrogen-bond acceptors (Lipinski definition) is 5. The first-order chi connectivity index (χ1) is 8.19. The van der Waals surface area contributed by atoms with Crippen LogP contribution in [-0.4, -0.2) is 29.8 Å². The first-order valence-electron chi connectivity index (χ1n) is 6.49. The molecule has 17 heavy (non-hydrogen) atoms. The molecule has 0 aliphatic carbocycles. The fraction of sp³-hybridized carbons (Fsp3) is 0.833. The quantitative estimate of drug-likeness (QED) is 0.864. The molecule has 1 aromatic heterocycles. The van der Waals surface area contributed by atoms with Crippen molar-refractivity contribution in [2.45, 2.75) is 44.9 Å². The number of nitrogens with zero attached hydrogens (tertiary/aromatic N) is 3. The van der Waals surface area contributed by atoms with Crippen LogP contribution in [0.25, 0.3) is 0 Å². The van der Waals surface area contributed by atoms with Crippen LogP contribution >= 0.6 is 0 Å². The van der Waals surface area contributed by atoms with Crippen LogP contribution in [0.1, 0.15) is 45.4 Å². The molecule has 1 saturated heterocycles. The molecule has 1 unspecified atom stereocenters. The summed E-state index contributed by atoms with van der Waals surface area (Å²) < 4.78 is 5.38. The Balaban J connectivity index is 2.14. The van der Waals surface area contributed by atoms with E-state index in [9.17, 15) is 0 Å². The lowest BCUT2D eigenvalue weighted by molar-refractivity contribution is 0.290. The second-order valence-corrected chi connectivity index (χ2v) is 5.07. The van der Waals surface area contributed by atoms with Crippen molar-refractivity contribution in [3.63, 3.8) is 0 Å². The molecule has 2 rings (SSSR count). The van der Waals surface area contributed by atoms with E-state index >= 15 is 0 Å². The van der Waals surface area contributed by atoms with Crippen molar-refractivity contribution in [1.82, 2.24) is 10.1 Å². The fourth-order valence-electron chi connectivity index (χ4n) is 2.07. The van der Waals surface area contributed by atoms with E-state index in [0.29, 0.717) is 12.4 Å². The van der Waals surface area contributed by atoms with Gasteiger partial charge in [-0.3, -0.25) is 0 Å². The van der Waals surface area contributed by atoms with Gasteiger partial charge in [-0.2, -0.15) is 4.98 Å². The molecule has 0 spiro atoms. The van der Waals surface area contributed by atoms with Gasteiger partial charge >= 0.3 is 0 Å². The standard InChI is InChI=1S/C12H22N4O/c1-3-12(2,9-13)10-14-11(15-17-10)16-7-5-4-6-8-16/h3-9,13H2,1-2H3. The number of hydrogen-bond donors (Lipinski definition) is 1. The van der Waals surface area contributed by atoms with Crippen molar-refractivity contribution in [2.24, 2.45) is 5.73 Å². The summed E-state index contributed by atoms with van der Waals surface area (Å²) in [5.74, 6) is 1.40. The van der Waals surface area contributed by atoms with E-state index in [1.807, 2.05) is 0 Å². The normalized spacial score (nSPS) is 20.3. The van der Waals surface area contributed by atoms with Crippen LogP contribution in [-0.2, 0) is 5.41 Å². The Morgan fingerprint density at radius 3 is 2.65 bits per heavy atom. The SMILES string of the molecule is CCC(C)(CN)c1nc(N2CCCCC2)no1. The first kappa shape index (κ1) is 12.4. The Labute approximate surface area is 102 Å². The van der Waals surface area contributed by atoms with Crippen LogP contribution < -0.4 is 10.6 Å². The van der Waals surface area contributed by atoms with Gasteiger partial charge in [0.25, 0.3) is 5.95 Å². The highest BCUT2D eigenvalue weighted by molar-refractivity contribution is 5.29. The molecule has 1 atom stereocenters. The van der Waals surface area contributed by atoms with Gasteiger partial charge in [0.1, 0.15) is 0 Å². The minimum absolute atomic E-state index is 0.193. The number of anilines is 1. The van der Waals surface area contributed by atoms with E-state index in [-0.39, 0.29) is 5.41 Å². The Morgan fingerprint density at radius 1 is 1.35 bits per heavy atom. The van der Waals surface area contributed by atoms with Gasteiger partial charge in [-0.05, 0) is 37.8 Å². The Bertz CT molecular complexity index is 353. The van der Waals surface area contributed by atoms with Gasteiger partial charge in [0.15, 0.2) is 0 Å². The lowest BCUT2D eigenvalue weighted by Gasteiger charge is -2.25. The summed E-state index contributed by atoms with van der Waals surface area (Å²) in [6, 6.07) is 0. The fourth-order valence-corrected chi connectivity index (χ4v) is 2.07. The summed E-state index contributed by atoms with van der Waals surface area (Å²) in [4.78, 5) is 6.71. The Hall–Kier alpha value is -1.10. The van der Waals surface area contributed by atoms with Crippen molar-refractivity contribution >= 4 is 5.95 Å². The highest BCUT2D eigenvalue weighted by Gasteiger charge is 2.30. The van der Waals surface area contributed by atoms with E-state index in [2.05, 4.69) is 28.9 Å². The van der Waals surface area contributed by atoms with Gasteiger partial charge in [-0.1, -0.05) is 6.92 Å². The first-order valence-corrected chi connectivity index (χ1v) is 6.49. The molecule has 0 amide bonds. The molecule has 5 heteroatoms. The maximum absolute atomic E-state index is 5.80. The smallest absolute Gasteiger partial charge is 0.266 e. The molecule has 1 aliphatic heterocycles. The third-order valence-electron chi connectivity index (χ3n) is 3.80. The molecule has 96 valence electrons. The van der Waals surface area contributed by atoms with Gasteiger partial charge < -0.3 is 15.2 Å². The second-order valence-electron chi connectivity index (χ2n) is 5.07. The predicted octanol–water partition coefficient (Wildman–Crippen LogP) is 1.69. The molecule has 5 nitrogen and oxygen atoms in total. The minimum atomic E-state index is -0.193. The van der Waals surface area contributed by atoms with Gasteiger partial charge in [0.2, 0.25) is 5.89 Å². The van der Waals surface area contributed by atoms with Gasteiger partial charge in [0.05, 0.1) is 5.41 Å². The molecule has 0 bridgehead atoms. The van der Waals surface area contributed by atoms with Crippen molar-refractivity contribution < 1.29 is 4.52 Å². The number of aromatic nitrogens is 2. The third-order valence-corrected chi connectivity index (χ3v) is 3.80. The average molecular weight is 238 g/mol. The molecule has 1 fully saturated rings. The molecular weight excluding hydrogens is 216 g/mol. The molecular formula is C12H22N4O. The molecule has 0 saturated carbocycles. The summed E-state index contributed by atoms with van der Waals surface area (Å²) in [5, 5.41) is 4.09. The van der Waals surface area contributed by atoms with Gasteiger partial charge in [0, 0.05) is 19.6 Å². The van der Waals surface area contributed by atoms with Crippen LogP contribution in [0, 0.1) is 0 Å². The summed E-state index contributed by atoms with van der Waals surface area (Å²) in [7, 11) is 0. The lowest BCUT2D eigenvalue weighted by Crippen LogP contribution is -2.32. The van der Waals surface area contributed by atoms with E-state index in [1.54, 1.807) is 0 Å². The van der Waals surface area contributed by atoms with Crippen molar-refractivity contribution in [3.8, 4) is 0 Å². The summed E-state index contributed by atoms with van der Waals surface area (Å²) in [5.41, 5.74) is 5.60. The topological polar surface area (TPSA) is 68.2 Å². The molecule has 2 N–H and O–H groups in total. The van der Waals surface area contributed by atoms with E-state index in [4.69, 9.17) is 10.3 Å². The minimum Gasteiger partial charge on any atom is -0.338 e. The predicted molar refractivity (Wildman–Crippen MR) is 67.1 cm³/mol. The van der Waals surface area contributed by atoms with E-state index in [0.717, 1.165) is 25.5 Å². The van der Waals surface area contributed by atoms with Crippen molar-refractivity contribution in [2.75, 3.05) is 24.5 Å². The van der Waals surface area contributed by atoms with Gasteiger partial charge in [-0.15, -0.1) is 0 Å². The Morgan fingerprint density at radius 2 is 2.06 bits per heavy atom. The average Bonchev–Trinajstić information content (AvgIpc) is 2.89. The number of piperidine rings is 1. The molecule has 2 heterocycles. The van der Waals surface area contributed by atoms with Crippen molar-refractivity contribution in [1.29, 1.82) is 0 Å². The largest absolute Gasteiger partial charge is 0.338 e.